The van der Waals surface area contributed by atoms with Crippen molar-refractivity contribution in [3.63, 3.8) is 0 Å². The zero-order valence-electron chi connectivity index (χ0n) is 15.3. The van der Waals surface area contributed by atoms with E-state index in [1.54, 1.807) is 6.92 Å². The second-order valence-electron chi connectivity index (χ2n) is 7.13. The number of thiazole rings is 1. The first-order chi connectivity index (χ1) is 12.3. The van der Waals surface area contributed by atoms with Gasteiger partial charge in [0.1, 0.15) is 9.88 Å². The number of carbonyl (C=O) groups is 2. The Labute approximate surface area is 157 Å². The third-order valence-electron chi connectivity index (χ3n) is 5.19. The van der Waals surface area contributed by atoms with Crippen LogP contribution in [0.5, 0.6) is 0 Å². The molecule has 1 amide bonds. The van der Waals surface area contributed by atoms with E-state index in [1.807, 2.05) is 32.0 Å². The normalized spacial score (nSPS) is 17.0. The summed E-state index contributed by atoms with van der Waals surface area (Å²) < 4.78 is 0. The maximum Gasteiger partial charge on any atom is 0.347 e. The van der Waals surface area contributed by atoms with Gasteiger partial charge in [-0.2, -0.15) is 0 Å². The summed E-state index contributed by atoms with van der Waals surface area (Å²) in [7, 11) is 0. The number of aromatic carboxylic acids is 1. The number of hydrogen-bond donors (Lipinski definition) is 2. The number of aryl methyl sites for hydroxylation is 2. The van der Waals surface area contributed by atoms with Crippen molar-refractivity contribution in [2.75, 3.05) is 0 Å². The van der Waals surface area contributed by atoms with Gasteiger partial charge in [-0.25, -0.2) is 9.78 Å². The fraction of sp³-hybridized carbons (Fsp3) is 0.450. The molecule has 1 aliphatic rings. The number of carboxylic acids is 1. The molecule has 1 fully saturated rings. The van der Waals surface area contributed by atoms with Crippen molar-refractivity contribution in [2.45, 2.75) is 57.9 Å². The SMILES string of the molecule is Cc1cccc(C2(C(=O)NC(C)c3nc(C)c(C(=O)O)s3)CCCC2)c1. The number of benzene rings is 1. The van der Waals surface area contributed by atoms with Crippen LogP contribution >= 0.6 is 11.3 Å². The molecule has 2 N–H and O–H groups in total. The largest absolute Gasteiger partial charge is 0.477 e. The Hall–Kier alpha value is -2.21. The van der Waals surface area contributed by atoms with Gasteiger partial charge in [0.05, 0.1) is 17.2 Å². The Balaban J connectivity index is 1.85. The molecule has 0 aliphatic heterocycles. The molecule has 1 aliphatic carbocycles. The van der Waals surface area contributed by atoms with Crippen molar-refractivity contribution >= 4 is 23.2 Å². The van der Waals surface area contributed by atoms with Gasteiger partial charge in [-0.15, -0.1) is 11.3 Å². The number of amides is 1. The van der Waals surface area contributed by atoms with Crippen molar-refractivity contribution in [1.82, 2.24) is 10.3 Å². The van der Waals surface area contributed by atoms with Crippen LogP contribution in [0.2, 0.25) is 0 Å². The van der Waals surface area contributed by atoms with E-state index in [1.165, 1.54) is 0 Å². The zero-order chi connectivity index (χ0) is 18.9. The summed E-state index contributed by atoms with van der Waals surface area (Å²) in [5.74, 6) is -0.963. The molecule has 3 rings (SSSR count). The average molecular weight is 372 g/mol. The predicted octanol–water partition coefficient (Wildman–Crippen LogP) is 4.15. The summed E-state index contributed by atoms with van der Waals surface area (Å²) in [6, 6.07) is 7.87. The zero-order valence-corrected chi connectivity index (χ0v) is 16.2. The molecule has 5 nitrogen and oxygen atoms in total. The Morgan fingerprint density at radius 1 is 1.27 bits per heavy atom. The summed E-state index contributed by atoms with van der Waals surface area (Å²) in [6.45, 7) is 5.59. The van der Waals surface area contributed by atoms with Crippen LogP contribution in [-0.2, 0) is 10.2 Å². The Morgan fingerprint density at radius 3 is 2.54 bits per heavy atom. The standard InChI is InChI=1S/C20H24N2O3S/c1-12-7-6-8-15(11-12)20(9-4-5-10-20)19(25)22-14(3)17-21-13(2)16(26-17)18(23)24/h6-8,11,14H,4-5,9-10H2,1-3H3,(H,22,25)(H,23,24). The Morgan fingerprint density at radius 2 is 1.96 bits per heavy atom. The average Bonchev–Trinajstić information content (AvgIpc) is 3.22. The molecule has 1 saturated carbocycles. The van der Waals surface area contributed by atoms with Gasteiger partial charge in [-0.05, 0) is 39.2 Å². The van der Waals surface area contributed by atoms with Gasteiger partial charge in [0.15, 0.2) is 0 Å². The maximum absolute atomic E-state index is 13.2. The molecule has 2 aromatic rings. The molecule has 1 heterocycles. The maximum atomic E-state index is 13.2. The molecule has 0 spiro atoms. The van der Waals surface area contributed by atoms with E-state index in [4.69, 9.17) is 0 Å². The Kier molecular flexibility index (Phi) is 5.14. The highest BCUT2D eigenvalue weighted by molar-refractivity contribution is 7.13. The van der Waals surface area contributed by atoms with Crippen LogP contribution in [0.15, 0.2) is 24.3 Å². The molecule has 1 unspecified atom stereocenters. The molecule has 1 atom stereocenters. The van der Waals surface area contributed by atoms with E-state index >= 15 is 0 Å². The van der Waals surface area contributed by atoms with Crippen molar-refractivity contribution in [1.29, 1.82) is 0 Å². The van der Waals surface area contributed by atoms with E-state index in [9.17, 15) is 14.7 Å². The fourth-order valence-electron chi connectivity index (χ4n) is 3.77. The highest BCUT2D eigenvalue weighted by Gasteiger charge is 2.43. The van der Waals surface area contributed by atoms with Crippen molar-refractivity contribution in [2.24, 2.45) is 0 Å². The number of carbonyl (C=O) groups excluding carboxylic acids is 1. The number of aromatic nitrogens is 1. The number of hydrogen-bond acceptors (Lipinski definition) is 4. The van der Waals surface area contributed by atoms with Crippen LogP contribution in [0.4, 0.5) is 0 Å². The lowest BCUT2D eigenvalue weighted by Gasteiger charge is -2.30. The van der Waals surface area contributed by atoms with E-state index in [0.717, 1.165) is 48.1 Å². The number of carboxylic acid groups (broad SMARTS) is 1. The van der Waals surface area contributed by atoms with Gasteiger partial charge >= 0.3 is 5.97 Å². The van der Waals surface area contributed by atoms with Gasteiger partial charge in [-0.1, -0.05) is 42.7 Å². The summed E-state index contributed by atoms with van der Waals surface area (Å²) in [6.07, 6.45) is 3.75. The van der Waals surface area contributed by atoms with Gasteiger partial charge in [0, 0.05) is 0 Å². The fourth-order valence-corrected chi connectivity index (χ4v) is 4.67. The van der Waals surface area contributed by atoms with Gasteiger partial charge < -0.3 is 10.4 Å². The molecular formula is C20H24N2O3S. The molecule has 0 bridgehead atoms. The second-order valence-corrected chi connectivity index (χ2v) is 8.16. The summed E-state index contributed by atoms with van der Waals surface area (Å²) in [4.78, 5) is 29.1. The van der Waals surface area contributed by atoms with E-state index in [2.05, 4.69) is 16.4 Å². The highest BCUT2D eigenvalue weighted by Crippen LogP contribution is 2.42. The van der Waals surface area contributed by atoms with Crippen LogP contribution in [-0.4, -0.2) is 22.0 Å². The first-order valence-corrected chi connectivity index (χ1v) is 9.74. The minimum Gasteiger partial charge on any atom is -0.477 e. The summed E-state index contributed by atoms with van der Waals surface area (Å²) in [5.41, 5.74) is 2.22. The van der Waals surface area contributed by atoms with Crippen LogP contribution in [0.3, 0.4) is 0 Å². The van der Waals surface area contributed by atoms with Crippen molar-refractivity contribution < 1.29 is 14.7 Å². The third kappa shape index (κ3) is 3.38. The molecule has 138 valence electrons. The summed E-state index contributed by atoms with van der Waals surface area (Å²) in [5, 5.41) is 12.9. The topological polar surface area (TPSA) is 79.3 Å². The summed E-state index contributed by atoms with van der Waals surface area (Å²) >= 11 is 1.13. The molecule has 1 aromatic carbocycles. The quantitative estimate of drug-likeness (QED) is 0.826. The lowest BCUT2D eigenvalue weighted by molar-refractivity contribution is -0.127. The van der Waals surface area contributed by atoms with E-state index in [-0.39, 0.29) is 16.8 Å². The van der Waals surface area contributed by atoms with Crippen LogP contribution in [0.1, 0.15) is 70.1 Å². The molecule has 0 radical (unpaired) electrons. The van der Waals surface area contributed by atoms with Crippen LogP contribution < -0.4 is 5.32 Å². The lowest BCUT2D eigenvalue weighted by Crippen LogP contribution is -2.43. The minimum atomic E-state index is -0.975. The van der Waals surface area contributed by atoms with Gasteiger partial charge in [-0.3, -0.25) is 4.79 Å². The highest BCUT2D eigenvalue weighted by atomic mass is 32.1. The Bertz CT molecular complexity index is 837. The monoisotopic (exact) mass is 372 g/mol. The van der Waals surface area contributed by atoms with E-state index in [0.29, 0.717) is 10.7 Å². The first kappa shape index (κ1) is 18.6. The minimum absolute atomic E-state index is 0.0119. The number of nitrogens with zero attached hydrogens (tertiary/aromatic N) is 1. The molecule has 0 saturated heterocycles. The van der Waals surface area contributed by atoms with Gasteiger partial charge in [0.2, 0.25) is 5.91 Å². The van der Waals surface area contributed by atoms with Crippen molar-refractivity contribution in [3.05, 3.63) is 51.0 Å². The lowest BCUT2D eigenvalue weighted by atomic mass is 9.77. The van der Waals surface area contributed by atoms with Gasteiger partial charge in [0.25, 0.3) is 0 Å². The molecule has 26 heavy (non-hydrogen) atoms. The number of nitrogens with one attached hydrogen (secondary N) is 1. The number of rotatable bonds is 5. The third-order valence-corrected chi connectivity index (χ3v) is 6.52. The first-order valence-electron chi connectivity index (χ1n) is 8.92. The smallest absolute Gasteiger partial charge is 0.347 e. The van der Waals surface area contributed by atoms with E-state index < -0.39 is 11.4 Å². The molecule has 6 heteroatoms. The second kappa shape index (κ2) is 7.19. The molecule has 1 aromatic heterocycles. The molecular weight excluding hydrogens is 348 g/mol. The van der Waals surface area contributed by atoms with Crippen LogP contribution in [0.25, 0.3) is 0 Å². The van der Waals surface area contributed by atoms with Crippen LogP contribution in [0, 0.1) is 13.8 Å². The van der Waals surface area contributed by atoms with Crippen molar-refractivity contribution in [3.8, 4) is 0 Å². The predicted molar refractivity (Wildman–Crippen MR) is 102 cm³/mol.